The summed E-state index contributed by atoms with van der Waals surface area (Å²) in [6, 6.07) is 70.0. The van der Waals surface area contributed by atoms with Gasteiger partial charge in [-0.2, -0.15) is 0 Å². The smallest absolute Gasteiger partial charge is 0.0725 e. The molecule has 2 atom stereocenters. The summed E-state index contributed by atoms with van der Waals surface area (Å²) >= 11 is 0. The Bertz CT molecular complexity index is 4320. The second kappa shape index (κ2) is 23.7. The van der Waals surface area contributed by atoms with Crippen molar-refractivity contribution in [3.63, 3.8) is 0 Å². The lowest BCUT2D eigenvalue weighted by atomic mass is 9.69. The zero-order valence-electron chi connectivity index (χ0n) is 50.6. The quantitative estimate of drug-likeness (QED) is 0.147. The molecule has 2 heterocycles. The summed E-state index contributed by atoms with van der Waals surface area (Å²) in [6.45, 7) is 21.3. The van der Waals surface area contributed by atoms with Crippen LogP contribution in [0.25, 0.3) is 67.0 Å². The van der Waals surface area contributed by atoms with Gasteiger partial charge in [0.15, 0.2) is 0 Å². The summed E-state index contributed by atoms with van der Waals surface area (Å²) in [7, 11) is 0. The fourth-order valence-electron chi connectivity index (χ4n) is 13.8. The standard InChI is InChI=1S/C78H65N3.2C2H6/c1-6-20-69-61(7-2)62-24-11-15-28-70(62)78(69)71-29-16-12-25-63(71)68(72(78)30-19-21-52-33-35-53(36-34-52)54-37-42-57(43-38-54)77(3,4)5)51-79-58-44-39-55(40-45-58)56-41-48-75-67(49-56)65-27-14-18-32-74(65)81(75)60-46-47-66-64-26-13-17-31-73(64)80(76(66)50-60)59-22-9-8-10-23-59;2*1-2/h6-31,33-39,41-44,46-51,74,79H,2,32,40,45H2,1,3-5H3;2*1-2H3/b20-6-,21-19-,68-51+,72-30+;;. The van der Waals surface area contributed by atoms with E-state index >= 15 is 0 Å². The molecule has 8 aromatic carbocycles. The highest BCUT2D eigenvalue weighted by molar-refractivity contribution is 6.11. The van der Waals surface area contributed by atoms with Crippen LogP contribution in [0, 0.1) is 0 Å². The zero-order valence-corrected chi connectivity index (χ0v) is 50.6. The first-order chi connectivity index (χ1) is 41.7. The third kappa shape index (κ3) is 9.76. The van der Waals surface area contributed by atoms with E-state index in [9.17, 15) is 0 Å². The lowest BCUT2D eigenvalue weighted by Crippen LogP contribution is -2.27. The molecule has 14 rings (SSSR count). The van der Waals surface area contributed by atoms with E-state index in [0.717, 1.165) is 24.8 Å². The van der Waals surface area contributed by atoms with Crippen LogP contribution in [-0.2, 0) is 10.8 Å². The lowest BCUT2D eigenvalue weighted by molar-refractivity contribution is 0.590. The number of fused-ring (bicyclic) bond motifs is 10. The van der Waals surface area contributed by atoms with Crippen LogP contribution in [0.3, 0.4) is 0 Å². The highest BCUT2D eigenvalue weighted by Gasteiger charge is 2.53. The van der Waals surface area contributed by atoms with Gasteiger partial charge in [0.1, 0.15) is 0 Å². The normalized spacial score (nSPS) is 18.5. The van der Waals surface area contributed by atoms with Crippen LogP contribution in [0.1, 0.15) is 119 Å². The van der Waals surface area contributed by atoms with Crippen molar-refractivity contribution in [3.05, 3.63) is 323 Å². The number of allylic oxidation sites excluding steroid dienone is 15. The number of anilines is 2. The van der Waals surface area contributed by atoms with E-state index in [2.05, 4.69) is 310 Å². The monoisotopic (exact) mass is 1100 g/mol. The molecule has 1 aromatic heterocycles. The molecular formula is C82H77N3. The van der Waals surface area contributed by atoms with Gasteiger partial charge in [-0.15, -0.1) is 0 Å². The van der Waals surface area contributed by atoms with Crippen LogP contribution in [0.15, 0.2) is 278 Å². The molecule has 1 aliphatic heterocycles. The Morgan fingerprint density at radius 1 is 0.600 bits per heavy atom. The van der Waals surface area contributed by atoms with Crippen molar-refractivity contribution in [1.82, 2.24) is 9.88 Å². The Kier molecular flexibility index (Phi) is 15.6. The number of para-hydroxylation sites is 2. The molecule has 85 heavy (non-hydrogen) atoms. The number of nitrogens with zero attached hydrogens (tertiary/aromatic N) is 2. The van der Waals surface area contributed by atoms with Gasteiger partial charge in [0.25, 0.3) is 0 Å². The van der Waals surface area contributed by atoms with E-state index in [-0.39, 0.29) is 11.5 Å². The maximum atomic E-state index is 4.40. The predicted octanol–water partition coefficient (Wildman–Crippen LogP) is 21.8. The number of benzene rings is 8. The van der Waals surface area contributed by atoms with Crippen molar-refractivity contribution >= 4 is 61.5 Å². The maximum Gasteiger partial charge on any atom is 0.0725 e. The summed E-state index contributed by atoms with van der Waals surface area (Å²) in [6.07, 6.45) is 30.0. The van der Waals surface area contributed by atoms with Crippen LogP contribution >= 0.6 is 0 Å². The van der Waals surface area contributed by atoms with Gasteiger partial charge in [-0.1, -0.05) is 261 Å². The van der Waals surface area contributed by atoms with E-state index in [1.54, 1.807) is 0 Å². The number of hydrogen-bond donors (Lipinski definition) is 1. The Morgan fingerprint density at radius 3 is 1.99 bits per heavy atom. The lowest BCUT2D eigenvalue weighted by Gasteiger charge is -2.32. The molecule has 3 nitrogen and oxygen atoms in total. The fourth-order valence-corrected chi connectivity index (χ4v) is 13.8. The molecule has 0 fully saturated rings. The molecule has 1 N–H and O–H groups in total. The summed E-state index contributed by atoms with van der Waals surface area (Å²) in [5.74, 6) is 0. The molecule has 0 radical (unpaired) electrons. The molecular weight excluding hydrogens is 1030 g/mol. The van der Waals surface area contributed by atoms with E-state index in [0.29, 0.717) is 0 Å². The van der Waals surface area contributed by atoms with Crippen molar-refractivity contribution in [2.45, 2.75) is 91.5 Å². The van der Waals surface area contributed by atoms with Crippen molar-refractivity contribution in [2.75, 3.05) is 4.90 Å². The Balaban J connectivity index is 0.00000174. The molecule has 4 aliphatic carbocycles. The van der Waals surface area contributed by atoms with E-state index in [1.165, 1.54) is 128 Å². The molecule has 3 heteroatoms. The van der Waals surface area contributed by atoms with Gasteiger partial charge < -0.3 is 14.8 Å². The first kappa shape index (κ1) is 56.1. The van der Waals surface area contributed by atoms with Crippen LogP contribution in [-0.4, -0.2) is 10.6 Å². The first-order valence-electron chi connectivity index (χ1n) is 30.8. The summed E-state index contributed by atoms with van der Waals surface area (Å²) < 4.78 is 2.42. The van der Waals surface area contributed by atoms with Crippen molar-refractivity contribution < 1.29 is 0 Å². The number of aromatic nitrogens is 1. The molecule has 1 spiro atoms. The minimum absolute atomic E-state index is 0.121. The second-order valence-corrected chi connectivity index (χ2v) is 23.1. The number of rotatable bonds is 10. The third-order valence-electron chi connectivity index (χ3n) is 17.6. The van der Waals surface area contributed by atoms with Crippen molar-refractivity contribution in [2.24, 2.45) is 0 Å². The van der Waals surface area contributed by atoms with Gasteiger partial charge >= 0.3 is 0 Å². The van der Waals surface area contributed by atoms with Crippen LogP contribution < -0.4 is 10.2 Å². The highest BCUT2D eigenvalue weighted by Crippen LogP contribution is 2.63. The summed E-state index contributed by atoms with van der Waals surface area (Å²) in [5, 5.41) is 6.44. The minimum Gasteiger partial charge on any atom is -0.364 e. The molecule has 0 saturated heterocycles. The van der Waals surface area contributed by atoms with E-state index in [4.69, 9.17) is 0 Å². The molecule has 5 aliphatic rings. The molecule has 9 aromatic rings. The SMILES string of the molecule is C=CC1=C(/C=C\C)C2(C(=C/C=C\c3ccc(-c4ccc(C(C)(C)C)cc4)cc3)/C(=C/NC3=CC=C(c4ccc5c(c4)C4=CC=CCC4N5c4ccc5c6ccccc6n(-c6ccccc6)c5c4)CC3)c3ccccc32)c2ccccc21.CC.CC. The van der Waals surface area contributed by atoms with Crippen LogP contribution in [0.5, 0.6) is 0 Å². The molecule has 2 unspecified atom stereocenters. The molecule has 420 valence electrons. The van der Waals surface area contributed by atoms with E-state index in [1.807, 2.05) is 27.7 Å². The largest absolute Gasteiger partial charge is 0.364 e. The summed E-state index contributed by atoms with van der Waals surface area (Å²) in [4.78, 5) is 2.58. The van der Waals surface area contributed by atoms with Gasteiger partial charge in [0.05, 0.1) is 22.5 Å². The molecule has 0 bridgehead atoms. The molecule has 0 amide bonds. The second-order valence-electron chi connectivity index (χ2n) is 23.1. The first-order valence-corrected chi connectivity index (χ1v) is 30.8. The predicted molar refractivity (Wildman–Crippen MR) is 367 cm³/mol. The number of hydrogen-bond acceptors (Lipinski definition) is 2. The average molecular weight is 1100 g/mol. The zero-order chi connectivity index (χ0) is 58.8. The van der Waals surface area contributed by atoms with Crippen molar-refractivity contribution in [3.8, 4) is 16.8 Å². The van der Waals surface area contributed by atoms with Gasteiger partial charge in [-0.3, -0.25) is 0 Å². The minimum atomic E-state index is -0.543. The Morgan fingerprint density at radius 2 is 1.27 bits per heavy atom. The fraction of sp³-hybridized carbons (Fsp3) is 0.171. The molecule has 0 saturated carbocycles. The average Bonchev–Trinajstić information content (AvgIpc) is 1.63. The van der Waals surface area contributed by atoms with Crippen LogP contribution in [0.2, 0.25) is 0 Å². The van der Waals surface area contributed by atoms with Gasteiger partial charge in [-0.25, -0.2) is 0 Å². The van der Waals surface area contributed by atoms with Gasteiger partial charge in [-0.05, 0) is 158 Å². The number of nitrogens with one attached hydrogen (secondary N) is 1. The van der Waals surface area contributed by atoms with Gasteiger partial charge in [0.2, 0.25) is 0 Å². The van der Waals surface area contributed by atoms with E-state index < -0.39 is 5.41 Å². The third-order valence-corrected chi connectivity index (χ3v) is 17.6. The Hall–Kier alpha value is -9.44. The summed E-state index contributed by atoms with van der Waals surface area (Å²) in [5.41, 5.74) is 27.1. The van der Waals surface area contributed by atoms with Crippen molar-refractivity contribution in [1.29, 1.82) is 0 Å². The van der Waals surface area contributed by atoms with Crippen LogP contribution in [0.4, 0.5) is 11.4 Å². The maximum absolute atomic E-state index is 4.40. The topological polar surface area (TPSA) is 20.2 Å². The van der Waals surface area contributed by atoms with Gasteiger partial charge in [0, 0.05) is 50.9 Å². The Labute approximate surface area is 504 Å². The highest BCUT2D eigenvalue weighted by atomic mass is 15.2.